The van der Waals surface area contributed by atoms with Crippen molar-refractivity contribution in [3.63, 3.8) is 0 Å². The molecule has 5 nitrogen and oxygen atoms in total. The van der Waals surface area contributed by atoms with E-state index < -0.39 is 18.0 Å². The van der Waals surface area contributed by atoms with Crippen molar-refractivity contribution in [1.82, 2.24) is 5.48 Å². The van der Waals surface area contributed by atoms with Crippen LogP contribution in [0.3, 0.4) is 0 Å². The maximum absolute atomic E-state index is 12.8. The van der Waals surface area contributed by atoms with Crippen LogP contribution in [0.2, 0.25) is 0 Å². The lowest BCUT2D eigenvalue weighted by molar-refractivity contribution is 0.0212. The first-order valence-corrected chi connectivity index (χ1v) is 4.64. The van der Waals surface area contributed by atoms with E-state index in [0.29, 0.717) is 5.56 Å². The predicted molar refractivity (Wildman–Crippen MR) is 53.1 cm³/mol. The van der Waals surface area contributed by atoms with Crippen molar-refractivity contribution in [2.75, 3.05) is 6.61 Å². The van der Waals surface area contributed by atoms with E-state index in [2.05, 4.69) is 4.84 Å². The zero-order chi connectivity index (χ0) is 12.0. The van der Waals surface area contributed by atoms with E-state index in [4.69, 9.17) is 5.11 Å². The molecule has 0 unspecified atom stereocenters. The number of aliphatic hydroxyl groups is 1. The molecule has 1 amide bonds. The fraction of sp³-hybridized carbons (Fsp3) is 0.300. The van der Waals surface area contributed by atoms with Crippen molar-refractivity contribution in [3.8, 4) is 0 Å². The van der Waals surface area contributed by atoms with Gasteiger partial charge in [0.1, 0.15) is 5.82 Å². The van der Waals surface area contributed by atoms with Crippen LogP contribution in [-0.2, 0) is 4.84 Å². The third-order valence-corrected chi connectivity index (χ3v) is 1.89. The highest BCUT2D eigenvalue weighted by atomic mass is 19.1. The summed E-state index contributed by atoms with van der Waals surface area (Å²) in [6.45, 7) is 0.00395. The summed E-state index contributed by atoms with van der Waals surface area (Å²) in [6, 6.07) is 5.57. The van der Waals surface area contributed by atoms with Gasteiger partial charge in [0.2, 0.25) is 0 Å². The van der Waals surface area contributed by atoms with E-state index in [1.807, 2.05) is 0 Å². The van der Waals surface area contributed by atoms with Gasteiger partial charge in [-0.15, -0.1) is 0 Å². The summed E-state index contributed by atoms with van der Waals surface area (Å²) in [5.74, 6) is -0.430. The van der Waals surface area contributed by atoms with Crippen LogP contribution in [-0.4, -0.2) is 22.9 Å². The topological polar surface area (TPSA) is 78.8 Å². The van der Waals surface area contributed by atoms with Gasteiger partial charge in [-0.25, -0.2) is 9.18 Å². The molecule has 0 bridgehead atoms. The maximum atomic E-state index is 12.8. The Labute approximate surface area is 91.4 Å². The molecule has 88 valence electrons. The number of halogens is 1. The number of hydrogen-bond donors (Lipinski definition) is 3. The number of nitrogens with one attached hydrogen (secondary N) is 1. The zero-order valence-corrected chi connectivity index (χ0v) is 8.39. The molecule has 1 atom stereocenters. The number of amides is 1. The Morgan fingerprint density at radius 3 is 2.94 bits per heavy atom. The molecular formula is C10H12FNO4. The van der Waals surface area contributed by atoms with Gasteiger partial charge >= 0.3 is 6.09 Å². The first kappa shape index (κ1) is 12.4. The van der Waals surface area contributed by atoms with Crippen molar-refractivity contribution in [2.24, 2.45) is 0 Å². The van der Waals surface area contributed by atoms with Crippen LogP contribution in [0.15, 0.2) is 24.3 Å². The minimum absolute atomic E-state index is 0.00395. The summed E-state index contributed by atoms with van der Waals surface area (Å²) >= 11 is 0. The molecular weight excluding hydrogens is 217 g/mol. The Hall–Kier alpha value is -1.66. The Morgan fingerprint density at radius 1 is 1.56 bits per heavy atom. The monoisotopic (exact) mass is 229 g/mol. The normalized spacial score (nSPS) is 12.1. The first-order valence-electron chi connectivity index (χ1n) is 4.64. The molecule has 16 heavy (non-hydrogen) atoms. The Bertz CT molecular complexity index is 358. The van der Waals surface area contributed by atoms with Gasteiger partial charge in [0, 0.05) is 6.42 Å². The van der Waals surface area contributed by atoms with Gasteiger partial charge in [0.15, 0.2) is 0 Å². The Kier molecular flexibility index (Phi) is 4.68. The molecule has 0 fully saturated rings. The lowest BCUT2D eigenvalue weighted by Gasteiger charge is -2.10. The van der Waals surface area contributed by atoms with Gasteiger partial charge in [0.05, 0.1) is 12.7 Å². The summed E-state index contributed by atoms with van der Waals surface area (Å²) in [5, 5.41) is 17.8. The zero-order valence-electron chi connectivity index (χ0n) is 8.39. The van der Waals surface area contributed by atoms with Crippen LogP contribution >= 0.6 is 0 Å². The second-order valence-electron chi connectivity index (χ2n) is 3.12. The molecule has 3 N–H and O–H groups in total. The van der Waals surface area contributed by atoms with Gasteiger partial charge in [-0.1, -0.05) is 12.1 Å². The van der Waals surface area contributed by atoms with E-state index in [9.17, 15) is 14.3 Å². The Morgan fingerprint density at radius 2 is 2.31 bits per heavy atom. The summed E-state index contributed by atoms with van der Waals surface area (Å²) in [7, 11) is 0. The number of aliphatic hydroxyl groups excluding tert-OH is 1. The van der Waals surface area contributed by atoms with Crippen LogP contribution in [0.4, 0.5) is 9.18 Å². The van der Waals surface area contributed by atoms with Crippen molar-refractivity contribution in [1.29, 1.82) is 0 Å². The van der Waals surface area contributed by atoms with Crippen LogP contribution < -0.4 is 5.48 Å². The number of rotatable bonds is 5. The molecule has 0 saturated heterocycles. The lowest BCUT2D eigenvalue weighted by atomic mass is 10.1. The smallest absolute Gasteiger partial charge is 0.428 e. The molecule has 0 saturated carbocycles. The SMILES string of the molecule is O=C(O)NOCC[C@@H](O)c1cccc(F)c1. The van der Waals surface area contributed by atoms with Gasteiger partial charge in [-0.2, -0.15) is 5.48 Å². The molecule has 0 spiro atoms. The highest BCUT2D eigenvalue weighted by Crippen LogP contribution is 2.16. The van der Waals surface area contributed by atoms with E-state index >= 15 is 0 Å². The second-order valence-corrected chi connectivity index (χ2v) is 3.12. The van der Waals surface area contributed by atoms with E-state index in [-0.39, 0.29) is 13.0 Å². The van der Waals surface area contributed by atoms with Crippen LogP contribution in [0.5, 0.6) is 0 Å². The summed E-state index contributed by atoms with van der Waals surface area (Å²) in [6.07, 6.45) is -2.02. The quantitative estimate of drug-likeness (QED) is 0.527. The number of hydroxylamine groups is 1. The minimum atomic E-state index is -1.31. The van der Waals surface area contributed by atoms with Crippen molar-refractivity contribution >= 4 is 6.09 Å². The van der Waals surface area contributed by atoms with Gasteiger partial charge < -0.3 is 10.2 Å². The largest absolute Gasteiger partial charge is 0.464 e. The molecule has 6 heteroatoms. The second kappa shape index (κ2) is 6.04. The average molecular weight is 229 g/mol. The van der Waals surface area contributed by atoms with Crippen molar-refractivity contribution in [2.45, 2.75) is 12.5 Å². The maximum Gasteiger partial charge on any atom is 0.428 e. The molecule has 0 aliphatic heterocycles. The van der Waals surface area contributed by atoms with E-state index in [1.54, 1.807) is 11.5 Å². The fourth-order valence-electron chi connectivity index (χ4n) is 1.16. The van der Waals surface area contributed by atoms with Crippen molar-refractivity contribution < 1.29 is 24.2 Å². The van der Waals surface area contributed by atoms with Crippen molar-refractivity contribution in [3.05, 3.63) is 35.6 Å². The molecule has 1 aromatic rings. The third kappa shape index (κ3) is 4.24. The fourth-order valence-corrected chi connectivity index (χ4v) is 1.16. The molecule has 0 aliphatic rings. The Balaban J connectivity index is 2.35. The predicted octanol–water partition coefficient (Wildman–Crippen LogP) is 1.45. The molecule has 1 aromatic carbocycles. The van der Waals surface area contributed by atoms with Crippen LogP contribution in [0.25, 0.3) is 0 Å². The van der Waals surface area contributed by atoms with E-state index in [1.165, 1.54) is 18.2 Å². The van der Waals surface area contributed by atoms with Gasteiger partial charge in [-0.05, 0) is 17.7 Å². The molecule has 0 heterocycles. The molecule has 0 aliphatic carbocycles. The standard InChI is InChI=1S/C10H12FNO4/c11-8-3-1-2-7(6-8)9(13)4-5-16-12-10(14)15/h1-3,6,9,12-13H,4-5H2,(H,14,15)/t9-/m1/s1. The highest BCUT2D eigenvalue weighted by molar-refractivity contribution is 5.62. The number of benzene rings is 1. The lowest BCUT2D eigenvalue weighted by Crippen LogP contribution is -2.22. The van der Waals surface area contributed by atoms with Gasteiger partial charge in [-0.3, -0.25) is 4.84 Å². The highest BCUT2D eigenvalue weighted by Gasteiger charge is 2.08. The molecule has 1 rings (SSSR count). The van der Waals surface area contributed by atoms with Gasteiger partial charge in [0.25, 0.3) is 0 Å². The first-order chi connectivity index (χ1) is 7.59. The van der Waals surface area contributed by atoms with Crippen LogP contribution in [0.1, 0.15) is 18.1 Å². The third-order valence-electron chi connectivity index (χ3n) is 1.89. The molecule has 0 aromatic heterocycles. The number of carbonyl (C=O) groups is 1. The summed E-state index contributed by atoms with van der Waals surface area (Å²) in [4.78, 5) is 14.5. The number of hydrogen-bond acceptors (Lipinski definition) is 3. The average Bonchev–Trinajstić information content (AvgIpc) is 2.24. The summed E-state index contributed by atoms with van der Waals surface area (Å²) < 4.78 is 12.8. The number of carboxylic acid groups (broad SMARTS) is 1. The van der Waals surface area contributed by atoms with Crippen LogP contribution in [0, 0.1) is 5.82 Å². The summed E-state index contributed by atoms with van der Waals surface area (Å²) in [5.41, 5.74) is 2.12. The minimum Gasteiger partial charge on any atom is -0.464 e. The molecule has 0 radical (unpaired) electrons. The van der Waals surface area contributed by atoms with E-state index in [0.717, 1.165) is 0 Å².